The summed E-state index contributed by atoms with van der Waals surface area (Å²) in [6.45, 7) is 5.08. The number of methoxy groups -OCH3 is 1. The highest BCUT2D eigenvalue weighted by Crippen LogP contribution is 2.28. The number of nitrogens with one attached hydrogen (secondary N) is 1. The van der Waals surface area contributed by atoms with Crippen molar-refractivity contribution in [3.8, 4) is 17.6 Å². The summed E-state index contributed by atoms with van der Waals surface area (Å²) in [6, 6.07) is 2.43. The zero-order valence-electron chi connectivity index (χ0n) is 10.2. The molecule has 1 unspecified atom stereocenters. The number of ether oxygens (including phenoxy) is 1. The molecule has 0 radical (unpaired) electrons. The van der Waals surface area contributed by atoms with Gasteiger partial charge in [-0.3, -0.25) is 0 Å². The minimum atomic E-state index is 0.335. The van der Waals surface area contributed by atoms with Crippen molar-refractivity contribution in [3.05, 3.63) is 16.3 Å². The molecule has 0 fully saturated rings. The van der Waals surface area contributed by atoms with Crippen LogP contribution in [0.25, 0.3) is 0 Å². The molecule has 0 saturated heterocycles. The first-order chi connectivity index (χ1) is 7.81. The average molecular weight is 237 g/mol. The Hall–Kier alpha value is -0.980. The van der Waals surface area contributed by atoms with Crippen molar-refractivity contribution in [3.63, 3.8) is 0 Å². The van der Waals surface area contributed by atoms with Crippen LogP contribution in [0.15, 0.2) is 11.4 Å². The first-order valence-corrected chi connectivity index (χ1v) is 6.45. The first kappa shape index (κ1) is 13.1. The third-order valence-corrected chi connectivity index (χ3v) is 3.32. The van der Waals surface area contributed by atoms with Crippen molar-refractivity contribution in [1.82, 2.24) is 5.32 Å². The summed E-state index contributed by atoms with van der Waals surface area (Å²) in [6.07, 6.45) is 2.00. The topological polar surface area (TPSA) is 21.3 Å². The van der Waals surface area contributed by atoms with Crippen LogP contribution in [0.4, 0.5) is 0 Å². The third kappa shape index (κ3) is 3.88. The third-order valence-electron chi connectivity index (χ3n) is 2.30. The fourth-order valence-electron chi connectivity index (χ4n) is 1.42. The van der Waals surface area contributed by atoms with Crippen LogP contribution in [-0.2, 0) is 0 Å². The molecule has 1 atom stereocenters. The van der Waals surface area contributed by atoms with Crippen molar-refractivity contribution in [1.29, 1.82) is 0 Å². The first-order valence-electron chi connectivity index (χ1n) is 5.57. The van der Waals surface area contributed by atoms with Gasteiger partial charge >= 0.3 is 0 Å². The maximum absolute atomic E-state index is 5.20. The Morgan fingerprint density at radius 2 is 2.38 bits per heavy atom. The molecule has 1 aromatic rings. The molecule has 3 heteroatoms. The van der Waals surface area contributed by atoms with Crippen LogP contribution < -0.4 is 10.1 Å². The summed E-state index contributed by atoms with van der Waals surface area (Å²) in [5, 5.41) is 5.55. The molecule has 16 heavy (non-hydrogen) atoms. The fourth-order valence-corrected chi connectivity index (χ4v) is 2.35. The van der Waals surface area contributed by atoms with Crippen molar-refractivity contribution >= 4 is 11.3 Å². The molecule has 2 nitrogen and oxygen atoms in total. The monoisotopic (exact) mass is 237 g/mol. The second-order valence-corrected chi connectivity index (χ2v) is 4.47. The molecular formula is C13H19NOS. The van der Waals surface area contributed by atoms with Gasteiger partial charge in [0, 0.05) is 16.7 Å². The standard InChI is InChI=1S/C13H19NOS/c1-4-6-7-12(14-8-5-2)13-9-11(15-3)10-16-13/h9-10,12,14H,5,7-8H2,1-3H3. The molecule has 0 saturated carbocycles. The Labute approximate surface area is 102 Å². The van der Waals surface area contributed by atoms with Crippen molar-refractivity contribution in [2.24, 2.45) is 0 Å². The van der Waals surface area contributed by atoms with E-state index >= 15 is 0 Å². The summed E-state index contributed by atoms with van der Waals surface area (Å²) in [7, 11) is 1.70. The number of thiophene rings is 1. The van der Waals surface area contributed by atoms with E-state index in [0.717, 1.165) is 25.1 Å². The minimum absolute atomic E-state index is 0.335. The van der Waals surface area contributed by atoms with E-state index in [-0.39, 0.29) is 0 Å². The van der Waals surface area contributed by atoms with Crippen LogP contribution in [0.5, 0.6) is 5.75 Å². The summed E-state index contributed by atoms with van der Waals surface area (Å²) in [4.78, 5) is 1.30. The van der Waals surface area contributed by atoms with Gasteiger partial charge < -0.3 is 10.1 Å². The Morgan fingerprint density at radius 3 is 2.94 bits per heavy atom. The minimum Gasteiger partial charge on any atom is -0.496 e. The Morgan fingerprint density at radius 1 is 1.56 bits per heavy atom. The highest BCUT2D eigenvalue weighted by molar-refractivity contribution is 7.10. The highest BCUT2D eigenvalue weighted by atomic mass is 32.1. The van der Waals surface area contributed by atoms with Gasteiger partial charge in [0.25, 0.3) is 0 Å². The maximum atomic E-state index is 5.20. The summed E-state index contributed by atoms with van der Waals surface area (Å²) < 4.78 is 5.20. The van der Waals surface area contributed by atoms with Gasteiger partial charge in [-0.2, -0.15) is 0 Å². The number of hydrogen-bond donors (Lipinski definition) is 1. The van der Waals surface area contributed by atoms with E-state index in [1.165, 1.54) is 4.88 Å². The van der Waals surface area contributed by atoms with Crippen LogP contribution in [0, 0.1) is 11.8 Å². The van der Waals surface area contributed by atoms with E-state index in [4.69, 9.17) is 4.74 Å². The lowest BCUT2D eigenvalue weighted by Crippen LogP contribution is -2.20. The second kappa shape index (κ2) is 7.32. The maximum Gasteiger partial charge on any atom is 0.129 e. The highest BCUT2D eigenvalue weighted by Gasteiger charge is 2.12. The van der Waals surface area contributed by atoms with Crippen LogP contribution in [-0.4, -0.2) is 13.7 Å². The van der Waals surface area contributed by atoms with Crippen LogP contribution in [0.3, 0.4) is 0 Å². The van der Waals surface area contributed by atoms with Gasteiger partial charge in [-0.05, 0) is 26.0 Å². The van der Waals surface area contributed by atoms with Gasteiger partial charge in [0.05, 0.1) is 13.2 Å². The smallest absolute Gasteiger partial charge is 0.129 e. The number of hydrogen-bond acceptors (Lipinski definition) is 3. The lowest BCUT2D eigenvalue weighted by Gasteiger charge is -2.13. The quantitative estimate of drug-likeness (QED) is 0.767. The van der Waals surface area contributed by atoms with Gasteiger partial charge in [0.1, 0.15) is 5.75 Å². The van der Waals surface area contributed by atoms with Gasteiger partial charge in [-0.1, -0.05) is 6.92 Å². The van der Waals surface area contributed by atoms with Gasteiger partial charge in [-0.25, -0.2) is 0 Å². The summed E-state index contributed by atoms with van der Waals surface area (Å²) in [5.41, 5.74) is 0. The Bertz CT molecular complexity index is 361. The zero-order chi connectivity index (χ0) is 11.8. The Kier molecular flexibility index (Phi) is 5.99. The van der Waals surface area contributed by atoms with E-state index in [2.05, 4.69) is 30.1 Å². The van der Waals surface area contributed by atoms with Crippen molar-refractivity contribution in [2.75, 3.05) is 13.7 Å². The van der Waals surface area contributed by atoms with Gasteiger partial charge in [0.2, 0.25) is 0 Å². The molecule has 0 aliphatic carbocycles. The van der Waals surface area contributed by atoms with Gasteiger partial charge in [-0.15, -0.1) is 23.2 Å². The molecule has 0 amide bonds. The molecule has 0 aliphatic rings. The molecule has 1 aromatic heterocycles. The number of rotatable bonds is 6. The average Bonchev–Trinajstić information content (AvgIpc) is 2.78. The van der Waals surface area contributed by atoms with Crippen molar-refractivity contribution in [2.45, 2.75) is 32.7 Å². The van der Waals surface area contributed by atoms with Crippen LogP contribution in [0.2, 0.25) is 0 Å². The second-order valence-electron chi connectivity index (χ2n) is 3.53. The molecule has 0 aromatic carbocycles. The van der Waals surface area contributed by atoms with Crippen molar-refractivity contribution < 1.29 is 4.74 Å². The normalized spacial score (nSPS) is 11.7. The predicted octanol–water partition coefficient (Wildman–Crippen LogP) is 3.21. The van der Waals surface area contributed by atoms with E-state index in [1.54, 1.807) is 18.4 Å². The fraction of sp³-hybridized carbons (Fsp3) is 0.538. The molecule has 0 bridgehead atoms. The molecular weight excluding hydrogens is 218 g/mol. The van der Waals surface area contributed by atoms with E-state index in [0.29, 0.717) is 6.04 Å². The zero-order valence-corrected chi connectivity index (χ0v) is 11.0. The lowest BCUT2D eigenvalue weighted by molar-refractivity contribution is 0.415. The van der Waals surface area contributed by atoms with Gasteiger partial charge in [0.15, 0.2) is 0 Å². The summed E-state index contributed by atoms with van der Waals surface area (Å²) >= 11 is 1.73. The molecule has 1 N–H and O–H groups in total. The van der Waals surface area contributed by atoms with Crippen LogP contribution in [0.1, 0.15) is 37.6 Å². The Balaban J connectivity index is 2.68. The molecule has 88 valence electrons. The largest absolute Gasteiger partial charge is 0.496 e. The lowest BCUT2D eigenvalue weighted by atomic mass is 10.1. The molecule has 1 rings (SSSR count). The molecule has 0 aliphatic heterocycles. The molecule has 1 heterocycles. The molecule has 0 spiro atoms. The van der Waals surface area contributed by atoms with E-state index in [1.807, 2.05) is 12.3 Å². The SMILES string of the molecule is CC#CCC(NCCC)c1cc(OC)cs1. The predicted molar refractivity (Wildman–Crippen MR) is 70.0 cm³/mol. The van der Waals surface area contributed by atoms with E-state index in [9.17, 15) is 0 Å². The summed E-state index contributed by atoms with van der Waals surface area (Å²) in [5.74, 6) is 7.02. The van der Waals surface area contributed by atoms with Crippen LogP contribution >= 0.6 is 11.3 Å². The van der Waals surface area contributed by atoms with E-state index < -0.39 is 0 Å².